The average molecular weight is 1800 g/mol. The molecule has 5 fully saturated rings. The molecule has 0 amide bonds. The SMILES string of the molecule is O=c1c2cnc3cc(Cl)c(N4CCNCC4)cc3c2[nH]n1-c1ccccc1.O=c1c2cnc3cc(N4CCNCC4)c(F)cc3c2[nH]n1-c1ccccc1.O=c1c2cnc3ccc(N4CCCCC4)cc3c2[nH]n1-c1ccccc1.O=c1c2cnc3ccc(N4CCOCC4)cc3c2[nH]n1-c1ccccc1.O=c1c2cnc3ccc(N4CCOCC4)cc3c2[nH]n1-c1ccccc1F. The van der Waals surface area contributed by atoms with Gasteiger partial charge in [-0.3, -0.25) is 74.4 Å². The van der Waals surface area contributed by atoms with E-state index < -0.39 is 5.82 Å². The third-order valence-corrected chi connectivity index (χ3v) is 25.6. The van der Waals surface area contributed by atoms with E-state index in [2.05, 4.69) is 111 Å². The maximum Gasteiger partial charge on any atom is 0.280 e. The Bertz CT molecular complexity index is 7880. The van der Waals surface area contributed by atoms with Gasteiger partial charge in [-0.15, -0.1) is 0 Å². The lowest BCUT2D eigenvalue weighted by Gasteiger charge is -2.30. The van der Waals surface area contributed by atoms with Gasteiger partial charge in [0.25, 0.3) is 27.8 Å². The van der Waals surface area contributed by atoms with E-state index in [4.69, 9.17) is 21.1 Å². The minimum atomic E-state index is -0.461. The van der Waals surface area contributed by atoms with Crippen molar-refractivity contribution in [2.24, 2.45) is 0 Å². The molecule has 0 saturated carbocycles. The van der Waals surface area contributed by atoms with Crippen LogP contribution in [0.3, 0.4) is 0 Å². The highest BCUT2D eigenvalue weighted by atomic mass is 35.5. The summed E-state index contributed by atoms with van der Waals surface area (Å²) in [5, 5.41) is 30.3. The first-order valence-corrected chi connectivity index (χ1v) is 45.0. The highest BCUT2D eigenvalue weighted by Crippen LogP contribution is 2.37. The number of benzene rings is 10. The van der Waals surface area contributed by atoms with Crippen LogP contribution in [0.1, 0.15) is 19.3 Å². The van der Waals surface area contributed by atoms with E-state index >= 15 is 0 Å². The van der Waals surface area contributed by atoms with Crippen LogP contribution in [0.15, 0.2) is 279 Å². The maximum atomic E-state index is 14.9. The van der Waals surface area contributed by atoms with Crippen molar-refractivity contribution < 1.29 is 18.3 Å². The number of aromatic amines is 5. The Morgan fingerprint density at radius 3 is 0.962 bits per heavy atom. The number of nitrogens with zero attached hydrogens (tertiary/aromatic N) is 15. The van der Waals surface area contributed by atoms with Crippen LogP contribution in [0.25, 0.3) is 137 Å². The Labute approximate surface area is 761 Å². The van der Waals surface area contributed by atoms with Crippen molar-refractivity contribution in [1.82, 2.24) is 84.5 Å². The summed E-state index contributed by atoms with van der Waals surface area (Å²) >= 11 is 6.54. The largest absolute Gasteiger partial charge is 0.378 e. The number of pyridine rings is 5. The highest BCUT2D eigenvalue weighted by Gasteiger charge is 2.26. The number of rotatable bonds is 10. The number of para-hydroxylation sites is 5. The van der Waals surface area contributed by atoms with Gasteiger partial charge in [-0.1, -0.05) is 96.5 Å². The zero-order valence-electron chi connectivity index (χ0n) is 72.3. The van der Waals surface area contributed by atoms with E-state index in [-0.39, 0.29) is 39.3 Å². The fourth-order valence-electron chi connectivity index (χ4n) is 18.3. The molecular weight excluding hydrogens is 1710 g/mol. The number of nitrogens with one attached hydrogen (secondary N) is 7. The van der Waals surface area contributed by atoms with Gasteiger partial charge in [0, 0.05) is 167 Å². The van der Waals surface area contributed by atoms with E-state index in [9.17, 15) is 32.8 Å². The molecule has 29 nitrogen and oxygen atoms in total. The molecule has 5 saturated heterocycles. The third kappa shape index (κ3) is 16.6. The number of aromatic nitrogens is 15. The van der Waals surface area contributed by atoms with Crippen molar-refractivity contribution in [1.29, 1.82) is 0 Å². The first-order valence-electron chi connectivity index (χ1n) is 44.6. The van der Waals surface area contributed by atoms with Crippen molar-refractivity contribution in [2.45, 2.75) is 19.3 Å². The zero-order chi connectivity index (χ0) is 90.2. The summed E-state index contributed by atoms with van der Waals surface area (Å²) in [6.07, 6.45) is 11.8. The molecule has 0 unspecified atom stereocenters. The number of ether oxygens (including phenoxy) is 2. The second-order valence-corrected chi connectivity index (χ2v) is 33.7. The number of piperidine rings is 1. The van der Waals surface area contributed by atoms with E-state index in [1.165, 1.54) is 46.4 Å². The van der Waals surface area contributed by atoms with Crippen LogP contribution in [0.2, 0.25) is 5.02 Å². The number of piperazine rings is 2. The summed E-state index contributed by atoms with van der Waals surface area (Å²) in [5.41, 5.74) is 15.2. The second kappa shape index (κ2) is 36.9. The Morgan fingerprint density at radius 2 is 0.579 bits per heavy atom. The number of H-pyrrole nitrogens is 5. The topological polar surface area (TPSA) is 312 Å². The molecular formula is C101H91ClF2N22O7. The lowest BCUT2D eigenvalue weighted by molar-refractivity contribution is 0.122. The van der Waals surface area contributed by atoms with Crippen LogP contribution in [-0.2, 0) is 9.47 Å². The van der Waals surface area contributed by atoms with Crippen molar-refractivity contribution in [3.05, 3.63) is 324 Å². The molecule has 20 aromatic rings. The van der Waals surface area contributed by atoms with Crippen LogP contribution in [0.5, 0.6) is 0 Å². The average Bonchev–Trinajstić information content (AvgIpc) is 1.64. The molecule has 0 spiro atoms. The van der Waals surface area contributed by atoms with Gasteiger partial charge in [-0.05, 0) is 159 Å². The fraction of sp³-hybridized carbons (Fsp3) is 0.208. The number of morpholine rings is 2. The Morgan fingerprint density at radius 1 is 0.263 bits per heavy atom. The molecule has 7 N–H and O–H groups in total. The molecule has 25 rings (SSSR count). The van der Waals surface area contributed by atoms with E-state index in [1.807, 2.05) is 163 Å². The summed E-state index contributed by atoms with van der Waals surface area (Å²) < 4.78 is 47.4. The standard InChI is InChI=1S/C21H20N4O.C20H18ClN5O.C20H18FN5O.C20H17FN4O2.C20H18N4O2/c26-21-18-14-22-19-10-9-16(24-11-5-2-6-12-24)13-17(19)20(18)23-25(21)15-7-3-1-4-8-15;21-16-11-17-14(10-18(16)25-8-6-22-7-9-25)19-15(12-23-17)20(27)26(24-19)13-4-2-1-3-5-13;21-16-10-14-17(11-18(16)25-8-6-22-7-9-25)23-12-15-19(14)24-26(20(15)27)13-4-2-1-3-5-13;21-16-3-1-2-4-18(16)25-20(26)15-12-22-17-6-5-13(11-14(17)19(15)23-25)24-7-9-27-10-8-24;25-20-17-13-21-18-7-6-15(23-8-10-26-11-9-23)12-16(18)19(17)22-24(20)14-4-2-1-3-5-14/h1,3-4,7-10,13-14,23H,2,5-6,11-12H2;2*1-5,10-12,22,24H,6-9H2;1-6,11-12,23H,7-10H2;1-7,12-13,22H,8-11H2. The summed E-state index contributed by atoms with van der Waals surface area (Å²) in [7, 11) is 0. The van der Waals surface area contributed by atoms with Crippen LogP contribution in [0.4, 0.5) is 37.2 Å². The van der Waals surface area contributed by atoms with Gasteiger partial charge in [0.15, 0.2) is 0 Å². The van der Waals surface area contributed by atoms with Gasteiger partial charge in [-0.2, -0.15) is 0 Å². The quantitative estimate of drug-likeness (QED) is 0.0669. The summed E-state index contributed by atoms with van der Waals surface area (Å²) in [6.45, 7) is 15.3. The molecule has 133 heavy (non-hydrogen) atoms. The Hall–Kier alpha value is -15.4. The van der Waals surface area contributed by atoms with Gasteiger partial charge >= 0.3 is 0 Å². The smallest absolute Gasteiger partial charge is 0.280 e. The molecule has 0 atom stereocenters. The highest BCUT2D eigenvalue weighted by molar-refractivity contribution is 6.34. The number of halogens is 3. The molecule has 0 radical (unpaired) electrons. The fourth-order valence-corrected chi connectivity index (χ4v) is 18.6. The molecule has 0 aliphatic carbocycles. The number of anilines is 5. The summed E-state index contributed by atoms with van der Waals surface area (Å²) in [5.74, 6) is -0.760. The first kappa shape index (κ1) is 84.4. The first-order chi connectivity index (χ1) is 65.3. The van der Waals surface area contributed by atoms with Crippen LogP contribution in [-0.4, -0.2) is 192 Å². The molecule has 32 heteroatoms. The predicted molar refractivity (Wildman–Crippen MR) is 523 cm³/mol. The molecule has 15 heterocycles. The van der Waals surface area contributed by atoms with Crippen molar-refractivity contribution in [2.75, 3.05) is 143 Å². The number of hydrogen-bond acceptors (Lipinski definition) is 19. The molecule has 10 aromatic carbocycles. The van der Waals surface area contributed by atoms with Gasteiger partial charge in [-0.25, -0.2) is 32.2 Å². The van der Waals surface area contributed by atoms with Gasteiger partial charge in [0.2, 0.25) is 0 Å². The van der Waals surface area contributed by atoms with Gasteiger partial charge < -0.3 is 44.6 Å². The molecule has 10 aromatic heterocycles. The van der Waals surface area contributed by atoms with Crippen molar-refractivity contribution in [3.63, 3.8) is 0 Å². The van der Waals surface area contributed by atoms with Crippen molar-refractivity contribution in [3.8, 4) is 28.4 Å². The lowest BCUT2D eigenvalue weighted by Crippen LogP contribution is -2.43. The molecule has 0 bridgehead atoms. The summed E-state index contributed by atoms with van der Waals surface area (Å²) in [4.78, 5) is 97.7. The lowest BCUT2D eigenvalue weighted by atomic mass is 10.1. The summed E-state index contributed by atoms with van der Waals surface area (Å²) in [6, 6.07) is 70.0. The number of fused-ring (bicyclic) bond motifs is 15. The number of hydrogen-bond donors (Lipinski definition) is 7. The molecule has 668 valence electrons. The predicted octanol–water partition coefficient (Wildman–Crippen LogP) is 14.7. The van der Waals surface area contributed by atoms with E-state index in [1.54, 1.807) is 69.3 Å². The van der Waals surface area contributed by atoms with Crippen LogP contribution >= 0.6 is 11.6 Å². The zero-order valence-corrected chi connectivity index (χ0v) is 73.1. The van der Waals surface area contributed by atoms with Crippen LogP contribution in [0, 0.1) is 11.6 Å². The van der Waals surface area contributed by atoms with Gasteiger partial charge in [0.1, 0.15) is 17.3 Å². The molecule has 5 aliphatic heterocycles. The Balaban J connectivity index is 0.000000100. The Kier molecular flexibility index (Phi) is 23.4. The second-order valence-electron chi connectivity index (χ2n) is 33.3. The minimum Gasteiger partial charge on any atom is -0.378 e. The van der Waals surface area contributed by atoms with Crippen LogP contribution < -0.4 is 62.9 Å². The monoisotopic (exact) mass is 1800 g/mol. The van der Waals surface area contributed by atoms with E-state index in [0.717, 1.165) is 205 Å². The minimum absolute atomic E-state index is 0.0658. The van der Waals surface area contributed by atoms with E-state index in [0.29, 0.717) is 72.8 Å². The van der Waals surface area contributed by atoms with Gasteiger partial charge in [0.05, 0.1) is 148 Å². The molecule has 5 aliphatic rings. The normalized spacial score (nSPS) is 15.0. The van der Waals surface area contributed by atoms with Crippen molar-refractivity contribution >= 4 is 149 Å². The third-order valence-electron chi connectivity index (χ3n) is 25.3. The maximum absolute atomic E-state index is 14.9.